The summed E-state index contributed by atoms with van der Waals surface area (Å²) in [6, 6.07) is 15.8. The van der Waals surface area contributed by atoms with Crippen LogP contribution >= 0.6 is 64.0 Å². The molecule has 0 aliphatic heterocycles. The second kappa shape index (κ2) is 19.2. The predicted octanol–water partition coefficient (Wildman–Crippen LogP) is 8.67. The van der Waals surface area contributed by atoms with E-state index in [-0.39, 0.29) is 0 Å². The lowest BCUT2D eigenvalue weighted by molar-refractivity contribution is 0.220. The van der Waals surface area contributed by atoms with Gasteiger partial charge < -0.3 is 18.1 Å². The molecule has 12 heteroatoms. The highest BCUT2D eigenvalue weighted by molar-refractivity contribution is 8.00. The molecule has 0 heterocycles. The monoisotopic (exact) mass is 612 g/mol. The van der Waals surface area contributed by atoms with Gasteiger partial charge >= 0.3 is 15.2 Å². The van der Waals surface area contributed by atoms with Crippen LogP contribution in [0.3, 0.4) is 0 Å². The van der Waals surface area contributed by atoms with Gasteiger partial charge in [-0.3, -0.25) is 9.13 Å². The summed E-state index contributed by atoms with van der Waals surface area (Å²) in [5.41, 5.74) is 0. The van der Waals surface area contributed by atoms with Gasteiger partial charge in [0.1, 0.15) is 0 Å². The van der Waals surface area contributed by atoms with Crippen molar-refractivity contribution >= 4 is 64.0 Å². The van der Waals surface area contributed by atoms with E-state index in [2.05, 4.69) is 31.3 Å². The average molecular weight is 613 g/mol. The zero-order chi connectivity index (χ0) is 26.9. The first-order chi connectivity index (χ1) is 17.2. The van der Waals surface area contributed by atoms with Gasteiger partial charge in [-0.15, -0.1) is 48.8 Å². The molecule has 0 aliphatic carbocycles. The zero-order valence-electron chi connectivity index (χ0n) is 21.3. The van der Waals surface area contributed by atoms with Gasteiger partial charge in [0.05, 0.1) is 38.8 Å². The van der Waals surface area contributed by atoms with Crippen LogP contribution in [0.5, 0.6) is 0 Å². The summed E-state index contributed by atoms with van der Waals surface area (Å²) in [5.74, 6) is 1.30. The van der Waals surface area contributed by atoms with Crippen LogP contribution in [0, 0.1) is 0 Å². The Bertz CT molecular complexity index is 891. The summed E-state index contributed by atoms with van der Waals surface area (Å²) < 4.78 is 46.3. The molecule has 0 unspecified atom stereocenters. The van der Waals surface area contributed by atoms with Crippen molar-refractivity contribution in [3.05, 3.63) is 48.5 Å². The van der Waals surface area contributed by atoms with E-state index in [9.17, 15) is 9.13 Å². The molecule has 2 aromatic carbocycles. The Morgan fingerprint density at radius 2 is 1.00 bits per heavy atom. The van der Waals surface area contributed by atoms with Gasteiger partial charge in [0.15, 0.2) is 0 Å². The maximum Gasteiger partial charge on any atom is 0.331 e. The standard InChI is InChI=1S/C18H32O6P2S2.C6H6S2/c1-5-21-25(19,22-6-2)12-14-27-17-10-9-11-18(16-17)28-15-13-26(20,23-7-3)24-8-4;7-5-2-1-3-6(8)4-5/h9-11,16H,5-8,12-15H2,1-4H3;1-4,7-8H. The topological polar surface area (TPSA) is 71.1 Å². The highest BCUT2D eigenvalue weighted by Gasteiger charge is 2.24. The molecular formula is C24H38O6P2S4. The van der Waals surface area contributed by atoms with E-state index in [0.717, 1.165) is 19.6 Å². The summed E-state index contributed by atoms with van der Waals surface area (Å²) in [6.07, 6.45) is 0.755. The van der Waals surface area contributed by atoms with Crippen molar-refractivity contribution in [2.75, 3.05) is 50.3 Å². The molecule has 0 amide bonds. The lowest BCUT2D eigenvalue weighted by Gasteiger charge is -2.17. The summed E-state index contributed by atoms with van der Waals surface area (Å²) in [6.45, 7) is 8.77. The first kappa shape index (κ1) is 34.2. The van der Waals surface area contributed by atoms with Crippen LogP contribution in [0.25, 0.3) is 0 Å². The Morgan fingerprint density at radius 1 is 0.639 bits per heavy atom. The molecule has 0 radical (unpaired) electrons. The van der Waals surface area contributed by atoms with E-state index in [4.69, 9.17) is 18.1 Å². The molecule has 0 atom stereocenters. The average Bonchev–Trinajstić information content (AvgIpc) is 2.80. The Kier molecular flexibility index (Phi) is 18.3. The number of thioether (sulfide) groups is 2. The van der Waals surface area contributed by atoms with E-state index in [1.807, 2.05) is 70.2 Å². The third kappa shape index (κ3) is 14.9. The normalized spacial score (nSPS) is 11.7. The largest absolute Gasteiger partial charge is 0.331 e. The Morgan fingerprint density at radius 3 is 1.31 bits per heavy atom. The van der Waals surface area contributed by atoms with Crippen molar-refractivity contribution in [3.8, 4) is 0 Å². The Labute approximate surface area is 236 Å². The molecule has 0 aromatic heterocycles. The number of hydrogen-bond acceptors (Lipinski definition) is 10. The maximum absolute atomic E-state index is 12.5. The van der Waals surface area contributed by atoms with Crippen LogP contribution in [-0.2, 0) is 27.2 Å². The molecule has 0 spiro atoms. The van der Waals surface area contributed by atoms with Crippen molar-refractivity contribution in [1.82, 2.24) is 0 Å². The van der Waals surface area contributed by atoms with Crippen LogP contribution in [-0.4, -0.2) is 50.3 Å². The number of thiol groups is 2. The second-order valence-electron chi connectivity index (χ2n) is 7.03. The fraction of sp³-hybridized carbons (Fsp3) is 0.500. The molecule has 0 bridgehead atoms. The number of hydrogen-bond donors (Lipinski definition) is 2. The van der Waals surface area contributed by atoms with Crippen LogP contribution in [0.2, 0.25) is 0 Å². The zero-order valence-corrected chi connectivity index (χ0v) is 26.5. The third-order valence-electron chi connectivity index (χ3n) is 4.21. The summed E-state index contributed by atoms with van der Waals surface area (Å²) >= 11 is 11.4. The maximum atomic E-state index is 12.5. The van der Waals surface area contributed by atoms with E-state index in [0.29, 0.717) is 50.3 Å². The molecule has 2 aromatic rings. The molecule has 0 aliphatic rings. The minimum atomic E-state index is -3.00. The minimum absolute atomic E-state index is 0.376. The van der Waals surface area contributed by atoms with Gasteiger partial charge in [0, 0.05) is 31.1 Å². The summed E-state index contributed by atoms with van der Waals surface area (Å²) in [4.78, 5) is 4.08. The van der Waals surface area contributed by atoms with Crippen LogP contribution in [0.15, 0.2) is 68.1 Å². The molecule has 0 fully saturated rings. The second-order valence-corrected chi connectivity index (χ2v) is 14.8. The van der Waals surface area contributed by atoms with E-state index in [1.54, 1.807) is 23.5 Å². The number of rotatable bonds is 16. The third-order valence-corrected chi connectivity index (χ3v) is 11.5. The fourth-order valence-corrected chi connectivity index (χ4v) is 9.44. The van der Waals surface area contributed by atoms with Crippen molar-refractivity contribution in [2.24, 2.45) is 0 Å². The van der Waals surface area contributed by atoms with Gasteiger partial charge in [-0.1, -0.05) is 12.1 Å². The first-order valence-electron chi connectivity index (χ1n) is 11.8. The van der Waals surface area contributed by atoms with Crippen LogP contribution < -0.4 is 0 Å². The SMILES string of the molecule is CCOP(=O)(CCSc1cccc(SCCP(=O)(OCC)OCC)c1)OCC.Sc1cccc(S)c1. The fourth-order valence-electron chi connectivity index (χ4n) is 2.82. The lowest BCUT2D eigenvalue weighted by atomic mass is 10.4. The molecule has 204 valence electrons. The Hall–Kier alpha value is 0.140. The first-order valence-corrected chi connectivity index (χ1v) is 18.1. The van der Waals surface area contributed by atoms with Crippen LogP contribution in [0.4, 0.5) is 0 Å². The quantitative estimate of drug-likeness (QED) is 0.111. The molecule has 0 saturated carbocycles. The van der Waals surface area contributed by atoms with E-state index < -0.39 is 15.2 Å². The molecule has 6 nitrogen and oxygen atoms in total. The highest BCUT2D eigenvalue weighted by atomic mass is 32.2. The molecule has 0 saturated heterocycles. The van der Waals surface area contributed by atoms with Crippen molar-refractivity contribution in [1.29, 1.82) is 0 Å². The van der Waals surface area contributed by atoms with Gasteiger partial charge in [0.25, 0.3) is 0 Å². The summed E-state index contributed by atoms with van der Waals surface area (Å²) in [5, 5.41) is 0. The Balaban J connectivity index is 0.000000681. The number of benzene rings is 2. The molecule has 0 N–H and O–H groups in total. The van der Waals surface area contributed by atoms with Gasteiger partial charge in [0.2, 0.25) is 0 Å². The minimum Gasteiger partial charge on any atom is -0.309 e. The molecule has 36 heavy (non-hydrogen) atoms. The van der Waals surface area contributed by atoms with Crippen molar-refractivity contribution in [2.45, 2.75) is 47.3 Å². The predicted molar refractivity (Wildman–Crippen MR) is 160 cm³/mol. The van der Waals surface area contributed by atoms with E-state index in [1.165, 1.54) is 0 Å². The molecule has 2 rings (SSSR count). The van der Waals surface area contributed by atoms with Gasteiger partial charge in [-0.05, 0) is 64.1 Å². The smallest absolute Gasteiger partial charge is 0.309 e. The lowest BCUT2D eigenvalue weighted by Crippen LogP contribution is -2.02. The van der Waals surface area contributed by atoms with E-state index >= 15 is 0 Å². The van der Waals surface area contributed by atoms with Gasteiger partial charge in [-0.2, -0.15) is 0 Å². The van der Waals surface area contributed by atoms with Gasteiger partial charge in [-0.25, -0.2) is 0 Å². The van der Waals surface area contributed by atoms with Crippen LogP contribution in [0.1, 0.15) is 27.7 Å². The highest BCUT2D eigenvalue weighted by Crippen LogP contribution is 2.49. The summed E-state index contributed by atoms with van der Waals surface area (Å²) in [7, 11) is -6.01. The van der Waals surface area contributed by atoms with Crippen molar-refractivity contribution < 1.29 is 27.2 Å². The molecular weight excluding hydrogens is 574 g/mol. The van der Waals surface area contributed by atoms with Crippen molar-refractivity contribution in [3.63, 3.8) is 0 Å².